The molecular weight excluding hydrogens is 675 g/mol. The van der Waals surface area contributed by atoms with Crippen LogP contribution in [0.1, 0.15) is 240 Å². The molecular formula is C47H91NO6. The molecule has 0 aromatic rings. The quantitative estimate of drug-likeness (QED) is 0.0488. The third-order valence-corrected chi connectivity index (χ3v) is 11.3. The van der Waals surface area contributed by atoms with Crippen molar-refractivity contribution in [1.29, 1.82) is 0 Å². The highest BCUT2D eigenvalue weighted by molar-refractivity contribution is 5.69. The minimum absolute atomic E-state index is 0.0327. The van der Waals surface area contributed by atoms with Gasteiger partial charge < -0.3 is 19.5 Å². The fraction of sp³-hybridized carbons (Fsp3) is 0.936. The highest BCUT2D eigenvalue weighted by atomic mass is 16.5. The Balaban J connectivity index is 4.00. The summed E-state index contributed by atoms with van der Waals surface area (Å²) in [5.41, 5.74) is 0. The van der Waals surface area contributed by atoms with E-state index in [2.05, 4.69) is 32.6 Å². The molecule has 0 amide bonds. The Morgan fingerprint density at radius 3 is 1.07 bits per heavy atom. The number of carboxylic acid groups (broad SMARTS) is 1. The van der Waals surface area contributed by atoms with Crippen LogP contribution in [0.2, 0.25) is 0 Å². The summed E-state index contributed by atoms with van der Waals surface area (Å²) in [6.07, 6.45) is 36.8. The number of carboxylic acids is 1. The maximum absolute atomic E-state index is 12.3. The Morgan fingerprint density at radius 2 is 0.741 bits per heavy atom. The van der Waals surface area contributed by atoms with Gasteiger partial charge in [-0.15, -0.1) is 0 Å². The van der Waals surface area contributed by atoms with Crippen LogP contribution >= 0.6 is 0 Å². The summed E-state index contributed by atoms with van der Waals surface area (Å²) in [5, 5.41) is 9.23. The summed E-state index contributed by atoms with van der Waals surface area (Å²) in [6.45, 7) is 12.7. The smallest absolute Gasteiger partial charge is 0.305 e. The molecule has 7 nitrogen and oxygen atoms in total. The van der Waals surface area contributed by atoms with Gasteiger partial charge in [-0.3, -0.25) is 14.4 Å². The first-order valence-electron chi connectivity index (χ1n) is 23.6. The van der Waals surface area contributed by atoms with E-state index in [-0.39, 0.29) is 18.4 Å². The van der Waals surface area contributed by atoms with Gasteiger partial charge in [0.05, 0.1) is 19.6 Å². The number of rotatable bonds is 43. The van der Waals surface area contributed by atoms with Gasteiger partial charge in [0.1, 0.15) is 0 Å². The predicted octanol–water partition coefficient (Wildman–Crippen LogP) is 13.6. The van der Waals surface area contributed by atoms with Gasteiger partial charge in [-0.1, -0.05) is 182 Å². The summed E-state index contributed by atoms with van der Waals surface area (Å²) in [7, 11) is 0. The van der Waals surface area contributed by atoms with Crippen molar-refractivity contribution in [2.45, 2.75) is 240 Å². The molecule has 0 atom stereocenters. The van der Waals surface area contributed by atoms with Crippen LogP contribution in [0.15, 0.2) is 0 Å². The maximum atomic E-state index is 12.3. The summed E-state index contributed by atoms with van der Waals surface area (Å²) in [4.78, 5) is 38.1. The lowest BCUT2D eigenvalue weighted by Gasteiger charge is -2.21. The minimum atomic E-state index is -0.727. The molecule has 0 unspecified atom stereocenters. The SMILES string of the molecule is CCCCCC(CCCCC)CCOC(=O)CCCCCCCCN(CCCCCCCCC(=O)OCCC(CCCCC)CCCCC)CCC(=O)O. The molecule has 0 fully saturated rings. The number of esters is 2. The van der Waals surface area contributed by atoms with Crippen LogP contribution < -0.4 is 0 Å². The number of carbonyl (C=O) groups excluding carboxylic acids is 2. The molecule has 0 aromatic heterocycles. The second kappa shape index (κ2) is 41.0. The van der Waals surface area contributed by atoms with E-state index in [1.807, 2.05) is 0 Å². The molecule has 0 aliphatic rings. The van der Waals surface area contributed by atoms with E-state index >= 15 is 0 Å². The van der Waals surface area contributed by atoms with Gasteiger partial charge >= 0.3 is 17.9 Å². The molecule has 54 heavy (non-hydrogen) atoms. The maximum Gasteiger partial charge on any atom is 0.305 e. The second-order valence-electron chi connectivity index (χ2n) is 16.5. The average molecular weight is 766 g/mol. The molecule has 7 heteroatoms. The topological polar surface area (TPSA) is 93.1 Å². The van der Waals surface area contributed by atoms with E-state index in [4.69, 9.17) is 9.47 Å². The van der Waals surface area contributed by atoms with Crippen molar-refractivity contribution in [2.24, 2.45) is 11.8 Å². The van der Waals surface area contributed by atoms with Gasteiger partial charge in [0.15, 0.2) is 0 Å². The molecule has 0 aliphatic carbocycles. The van der Waals surface area contributed by atoms with Crippen molar-refractivity contribution in [2.75, 3.05) is 32.8 Å². The number of carbonyl (C=O) groups is 3. The van der Waals surface area contributed by atoms with Crippen molar-refractivity contribution >= 4 is 17.9 Å². The largest absolute Gasteiger partial charge is 0.481 e. The van der Waals surface area contributed by atoms with Crippen molar-refractivity contribution in [3.63, 3.8) is 0 Å². The number of unbranched alkanes of at least 4 members (excludes halogenated alkanes) is 18. The van der Waals surface area contributed by atoms with Crippen LogP contribution in [-0.4, -0.2) is 60.8 Å². The molecule has 0 saturated heterocycles. The van der Waals surface area contributed by atoms with Crippen LogP contribution in [0, 0.1) is 11.8 Å². The first-order valence-corrected chi connectivity index (χ1v) is 23.6. The van der Waals surface area contributed by atoms with Gasteiger partial charge in [-0.05, 0) is 63.5 Å². The van der Waals surface area contributed by atoms with Crippen molar-refractivity contribution in [3.05, 3.63) is 0 Å². The molecule has 0 bridgehead atoms. The molecule has 0 saturated carbocycles. The first-order chi connectivity index (χ1) is 26.4. The second-order valence-corrected chi connectivity index (χ2v) is 16.5. The Kier molecular flexibility index (Phi) is 39.8. The van der Waals surface area contributed by atoms with Crippen LogP contribution in [0.5, 0.6) is 0 Å². The molecule has 0 radical (unpaired) electrons. The number of hydrogen-bond acceptors (Lipinski definition) is 6. The van der Waals surface area contributed by atoms with Gasteiger partial charge in [-0.2, -0.15) is 0 Å². The summed E-state index contributed by atoms with van der Waals surface area (Å²) < 4.78 is 11.2. The number of hydrogen-bond donors (Lipinski definition) is 1. The van der Waals surface area contributed by atoms with Crippen molar-refractivity contribution in [1.82, 2.24) is 4.90 Å². The van der Waals surface area contributed by atoms with Gasteiger partial charge in [0, 0.05) is 19.4 Å². The normalized spacial score (nSPS) is 11.6. The molecule has 320 valence electrons. The number of ether oxygens (including phenoxy) is 2. The van der Waals surface area contributed by atoms with Gasteiger partial charge in [0.25, 0.3) is 0 Å². The summed E-state index contributed by atoms with van der Waals surface area (Å²) >= 11 is 0. The molecule has 0 aromatic carbocycles. The average Bonchev–Trinajstić information content (AvgIpc) is 3.15. The number of aliphatic carboxylic acids is 1. The zero-order valence-electron chi connectivity index (χ0n) is 36.5. The highest BCUT2D eigenvalue weighted by Gasteiger charge is 2.13. The predicted molar refractivity (Wildman–Crippen MR) is 228 cm³/mol. The fourth-order valence-electron chi connectivity index (χ4n) is 7.63. The monoisotopic (exact) mass is 766 g/mol. The molecule has 0 rings (SSSR count). The van der Waals surface area contributed by atoms with Crippen LogP contribution in [0.3, 0.4) is 0 Å². The van der Waals surface area contributed by atoms with Gasteiger partial charge in [0.2, 0.25) is 0 Å². The standard InChI is InChI=1S/C47H91NO6/c1-5-9-21-29-43(30-22-10-6-2)36-41-53-46(51)33-25-17-13-15-19-27-38-48(40-35-45(49)50)39-28-20-16-14-18-26-34-47(52)54-42-37-44(31-23-11-7-3)32-24-12-8-4/h43-44H,5-42H2,1-4H3,(H,49,50). The van der Waals surface area contributed by atoms with E-state index in [1.54, 1.807) is 0 Å². The lowest BCUT2D eigenvalue weighted by Crippen LogP contribution is -2.28. The van der Waals surface area contributed by atoms with Gasteiger partial charge in [-0.25, -0.2) is 0 Å². The fourth-order valence-corrected chi connectivity index (χ4v) is 7.63. The van der Waals surface area contributed by atoms with E-state index in [0.29, 0.717) is 44.4 Å². The number of nitrogens with zero attached hydrogens (tertiary/aromatic N) is 1. The summed E-state index contributed by atoms with van der Waals surface area (Å²) in [6, 6.07) is 0. The van der Waals surface area contributed by atoms with Crippen LogP contribution in [-0.2, 0) is 23.9 Å². The third kappa shape index (κ3) is 37.3. The summed E-state index contributed by atoms with van der Waals surface area (Å²) in [5.74, 6) is 0.603. The Hall–Kier alpha value is -1.63. The van der Waals surface area contributed by atoms with E-state index in [1.165, 1.54) is 103 Å². The zero-order valence-corrected chi connectivity index (χ0v) is 36.5. The minimum Gasteiger partial charge on any atom is -0.481 e. The lowest BCUT2D eigenvalue weighted by atomic mass is 9.92. The molecule has 0 spiro atoms. The van der Waals surface area contributed by atoms with E-state index in [0.717, 1.165) is 103 Å². The Bertz CT molecular complexity index is 757. The van der Waals surface area contributed by atoms with Crippen LogP contribution in [0.25, 0.3) is 0 Å². The Labute approximate surface area is 335 Å². The Morgan fingerprint density at radius 1 is 0.407 bits per heavy atom. The molecule has 0 heterocycles. The zero-order chi connectivity index (χ0) is 39.7. The van der Waals surface area contributed by atoms with Crippen molar-refractivity contribution < 1.29 is 29.0 Å². The van der Waals surface area contributed by atoms with Crippen molar-refractivity contribution in [3.8, 4) is 0 Å². The van der Waals surface area contributed by atoms with E-state index in [9.17, 15) is 19.5 Å². The first kappa shape index (κ1) is 52.4. The third-order valence-electron chi connectivity index (χ3n) is 11.3. The molecule has 0 aliphatic heterocycles. The highest BCUT2D eigenvalue weighted by Crippen LogP contribution is 2.22. The van der Waals surface area contributed by atoms with Crippen LogP contribution in [0.4, 0.5) is 0 Å². The molecule has 1 N–H and O–H groups in total. The van der Waals surface area contributed by atoms with E-state index < -0.39 is 5.97 Å². The lowest BCUT2D eigenvalue weighted by molar-refractivity contribution is -0.145.